The molecule has 0 aromatic heterocycles. The Balaban J connectivity index is 1.93. The molecule has 5 N–H and O–H groups in total. The van der Waals surface area contributed by atoms with Crippen molar-refractivity contribution in [2.45, 2.75) is 98.4 Å². The normalized spacial score (nSPS) is 10.6. The second-order valence-corrected chi connectivity index (χ2v) is 15.3. The SMILES string of the molecule is CC(=O)Oc1cccc(C(=O)NCCCC(CCCNC(=O)c2cccc(OC(C)=O)c2OC(C)=O)(CCCNC(=O)c2cccc(OC(C)=O)c2OC(C)=O)NC(=O)CCC(=O)O)c1OC(C)=O. The number of carbonyl (C=O) groups is 11. The third-order valence-electron chi connectivity index (χ3n) is 9.49. The number of rotatable bonds is 25. The largest absolute Gasteiger partial charge is 0.481 e. The van der Waals surface area contributed by atoms with Gasteiger partial charge in [-0.05, 0) is 74.9 Å². The minimum atomic E-state index is -1.23. The highest BCUT2D eigenvalue weighted by atomic mass is 16.6. The Morgan fingerprint density at radius 2 is 0.725 bits per heavy atom. The number of para-hydroxylation sites is 3. The van der Waals surface area contributed by atoms with Crippen LogP contribution in [0.2, 0.25) is 0 Å². The summed E-state index contributed by atoms with van der Waals surface area (Å²) < 4.78 is 31.1. The van der Waals surface area contributed by atoms with E-state index in [0.29, 0.717) is 0 Å². The predicted octanol–water partition coefficient (Wildman–Crippen LogP) is 3.89. The minimum absolute atomic E-state index is 0.0362. The van der Waals surface area contributed by atoms with Crippen molar-refractivity contribution in [1.29, 1.82) is 0 Å². The standard InChI is InChI=1S/C47H54N4O18/c1-27(52)64-36-16-7-13-33(41(36)67-30(4)55)44(61)48-24-10-21-47(51-39(58)19-20-40(59)60,22-11-25-49-45(62)34-14-8-17-37(65-28(2)53)42(34)68-31(5)56)23-12-26-50-46(63)35-15-9-18-38(66-29(3)54)43(35)69-32(6)57/h7-9,13-18H,10-12,19-26H2,1-6H3,(H,48,61)(H,49,62)(H,50,63)(H,51,58)(H,59,60). The molecule has 0 aliphatic rings. The quantitative estimate of drug-likeness (QED) is 0.0457. The van der Waals surface area contributed by atoms with Crippen LogP contribution in [0.4, 0.5) is 0 Å². The van der Waals surface area contributed by atoms with Crippen molar-refractivity contribution in [3.05, 3.63) is 71.3 Å². The Morgan fingerprint density at radius 1 is 0.435 bits per heavy atom. The third kappa shape index (κ3) is 18.6. The number of hydrogen-bond donors (Lipinski definition) is 5. The van der Waals surface area contributed by atoms with Crippen LogP contribution in [0.5, 0.6) is 34.5 Å². The first-order valence-corrected chi connectivity index (χ1v) is 21.5. The molecular weight excluding hydrogens is 909 g/mol. The number of carboxylic acid groups (broad SMARTS) is 1. The summed E-state index contributed by atoms with van der Waals surface area (Å²) in [4.78, 5) is 136. The summed E-state index contributed by atoms with van der Waals surface area (Å²) in [5.74, 6) is -9.97. The number of esters is 6. The summed E-state index contributed by atoms with van der Waals surface area (Å²) in [5, 5.41) is 20.5. The van der Waals surface area contributed by atoms with Gasteiger partial charge in [-0.15, -0.1) is 0 Å². The highest BCUT2D eigenvalue weighted by Gasteiger charge is 2.32. The predicted molar refractivity (Wildman–Crippen MR) is 240 cm³/mol. The number of nitrogens with one attached hydrogen (secondary N) is 4. The van der Waals surface area contributed by atoms with Gasteiger partial charge in [-0.3, -0.25) is 52.7 Å². The number of carbonyl (C=O) groups excluding carboxylic acids is 10. The molecule has 0 saturated heterocycles. The number of ether oxygens (including phenoxy) is 6. The van der Waals surface area contributed by atoms with Crippen molar-refractivity contribution in [2.75, 3.05) is 19.6 Å². The molecule has 0 bridgehead atoms. The molecule has 3 aromatic carbocycles. The molecule has 0 spiro atoms. The van der Waals surface area contributed by atoms with E-state index in [1.54, 1.807) is 0 Å². The van der Waals surface area contributed by atoms with Gasteiger partial charge in [0, 0.05) is 73.1 Å². The van der Waals surface area contributed by atoms with E-state index in [-0.39, 0.29) is 109 Å². The van der Waals surface area contributed by atoms with E-state index in [9.17, 15) is 57.8 Å². The summed E-state index contributed by atoms with van der Waals surface area (Å²) >= 11 is 0. The van der Waals surface area contributed by atoms with Crippen LogP contribution in [0.1, 0.15) is 124 Å². The zero-order valence-electron chi connectivity index (χ0n) is 38.9. The number of hydrogen-bond acceptors (Lipinski definition) is 17. The lowest BCUT2D eigenvalue weighted by Crippen LogP contribution is -2.50. The van der Waals surface area contributed by atoms with Gasteiger partial charge in [-0.2, -0.15) is 0 Å². The smallest absolute Gasteiger partial charge is 0.308 e. The summed E-state index contributed by atoms with van der Waals surface area (Å²) in [6.45, 7) is 6.56. The lowest BCUT2D eigenvalue weighted by atomic mass is 9.83. The number of aliphatic carboxylic acids is 1. The van der Waals surface area contributed by atoms with Crippen LogP contribution in [0.15, 0.2) is 54.6 Å². The molecular formula is C47H54N4O18. The Kier molecular flexibility index (Phi) is 21.5. The zero-order valence-corrected chi connectivity index (χ0v) is 38.9. The number of carboxylic acids is 1. The van der Waals surface area contributed by atoms with Gasteiger partial charge in [0.25, 0.3) is 17.7 Å². The van der Waals surface area contributed by atoms with E-state index in [1.165, 1.54) is 54.6 Å². The molecule has 22 nitrogen and oxygen atoms in total. The molecule has 3 rings (SSSR count). The fraction of sp³-hybridized carbons (Fsp3) is 0.383. The second kappa shape index (κ2) is 26.8. The van der Waals surface area contributed by atoms with Gasteiger partial charge in [0.1, 0.15) is 0 Å². The Hall–Kier alpha value is -8.17. The van der Waals surface area contributed by atoms with Crippen LogP contribution in [0.25, 0.3) is 0 Å². The lowest BCUT2D eigenvalue weighted by Gasteiger charge is -2.36. The Morgan fingerprint density at radius 3 is 0.986 bits per heavy atom. The van der Waals surface area contributed by atoms with Gasteiger partial charge in [0.05, 0.1) is 23.1 Å². The van der Waals surface area contributed by atoms with Crippen molar-refractivity contribution in [3.63, 3.8) is 0 Å². The Labute approximate surface area is 396 Å². The van der Waals surface area contributed by atoms with E-state index < -0.39 is 83.8 Å². The molecule has 0 aliphatic heterocycles. The molecule has 0 saturated carbocycles. The lowest BCUT2D eigenvalue weighted by molar-refractivity contribution is -0.139. The van der Waals surface area contributed by atoms with Crippen LogP contribution < -0.4 is 49.7 Å². The molecule has 0 aliphatic carbocycles. The maximum Gasteiger partial charge on any atom is 0.308 e. The van der Waals surface area contributed by atoms with Crippen LogP contribution in [0.3, 0.4) is 0 Å². The molecule has 69 heavy (non-hydrogen) atoms. The van der Waals surface area contributed by atoms with Crippen molar-refractivity contribution in [3.8, 4) is 34.5 Å². The van der Waals surface area contributed by atoms with Gasteiger partial charge < -0.3 is 54.8 Å². The first kappa shape index (κ1) is 55.2. The van der Waals surface area contributed by atoms with Crippen molar-refractivity contribution in [2.24, 2.45) is 0 Å². The van der Waals surface area contributed by atoms with E-state index in [1.807, 2.05) is 0 Å². The molecule has 22 heteroatoms. The average Bonchev–Trinajstić information content (AvgIpc) is 3.25. The van der Waals surface area contributed by atoms with Crippen molar-refractivity contribution < 1.29 is 86.3 Å². The van der Waals surface area contributed by atoms with Crippen LogP contribution in [-0.4, -0.2) is 95.7 Å². The molecule has 0 radical (unpaired) electrons. The van der Waals surface area contributed by atoms with E-state index in [4.69, 9.17) is 28.4 Å². The number of amides is 4. The van der Waals surface area contributed by atoms with E-state index in [0.717, 1.165) is 41.5 Å². The van der Waals surface area contributed by atoms with E-state index in [2.05, 4.69) is 21.3 Å². The monoisotopic (exact) mass is 962 g/mol. The van der Waals surface area contributed by atoms with Crippen molar-refractivity contribution >= 4 is 65.4 Å². The first-order valence-electron chi connectivity index (χ1n) is 21.5. The minimum Gasteiger partial charge on any atom is -0.481 e. The molecule has 370 valence electrons. The fourth-order valence-corrected chi connectivity index (χ4v) is 6.85. The molecule has 0 fully saturated rings. The first-order chi connectivity index (χ1) is 32.6. The summed E-state index contributed by atoms with van der Waals surface area (Å²) in [5.41, 5.74) is -1.58. The average molecular weight is 963 g/mol. The fourth-order valence-electron chi connectivity index (χ4n) is 6.85. The molecule has 3 aromatic rings. The Bertz CT molecular complexity index is 2210. The van der Waals surface area contributed by atoms with Gasteiger partial charge in [-0.25, -0.2) is 0 Å². The van der Waals surface area contributed by atoms with Crippen LogP contribution in [-0.2, 0) is 38.4 Å². The molecule has 0 unspecified atom stereocenters. The maximum absolute atomic E-state index is 13.5. The van der Waals surface area contributed by atoms with Gasteiger partial charge in [-0.1, -0.05) is 18.2 Å². The van der Waals surface area contributed by atoms with Gasteiger partial charge >= 0.3 is 41.8 Å². The zero-order chi connectivity index (χ0) is 51.3. The molecule has 0 heterocycles. The highest BCUT2D eigenvalue weighted by Crippen LogP contribution is 2.35. The summed E-state index contributed by atoms with van der Waals surface area (Å²) in [7, 11) is 0. The van der Waals surface area contributed by atoms with E-state index >= 15 is 0 Å². The topological polar surface area (TPSA) is 312 Å². The molecule has 4 amide bonds. The maximum atomic E-state index is 13.5. The van der Waals surface area contributed by atoms with Gasteiger partial charge in [0.2, 0.25) is 5.91 Å². The third-order valence-corrected chi connectivity index (χ3v) is 9.49. The summed E-state index contributed by atoms with van der Waals surface area (Å²) in [6, 6.07) is 12.3. The molecule has 0 atom stereocenters. The highest BCUT2D eigenvalue weighted by molar-refractivity contribution is 6.00. The van der Waals surface area contributed by atoms with Gasteiger partial charge in [0.15, 0.2) is 34.5 Å². The summed E-state index contributed by atoms with van der Waals surface area (Å²) in [6.07, 6.45) is -0.0386. The van der Waals surface area contributed by atoms with Crippen LogP contribution >= 0.6 is 0 Å². The van der Waals surface area contributed by atoms with Crippen molar-refractivity contribution in [1.82, 2.24) is 21.3 Å². The van der Waals surface area contributed by atoms with Crippen LogP contribution in [0, 0.1) is 0 Å². The second-order valence-electron chi connectivity index (χ2n) is 15.3. The number of benzene rings is 3.